The van der Waals surface area contributed by atoms with Crippen LogP contribution in [0, 0.1) is 11.8 Å². The van der Waals surface area contributed by atoms with Crippen molar-refractivity contribution in [3.05, 3.63) is 0 Å². The summed E-state index contributed by atoms with van der Waals surface area (Å²) < 4.78 is 0. The van der Waals surface area contributed by atoms with Crippen LogP contribution in [0.5, 0.6) is 0 Å². The van der Waals surface area contributed by atoms with E-state index in [1.807, 2.05) is 0 Å². The van der Waals surface area contributed by atoms with E-state index in [0.29, 0.717) is 5.92 Å². The van der Waals surface area contributed by atoms with Gasteiger partial charge in [0, 0.05) is 12.6 Å². The topological polar surface area (TPSA) is 52.6 Å². The molecule has 2 fully saturated rings. The molecule has 2 N–H and O–H groups in total. The van der Waals surface area contributed by atoms with Gasteiger partial charge in [0.25, 0.3) is 0 Å². The average Bonchev–Trinajstić information content (AvgIpc) is 2.44. The lowest BCUT2D eigenvalue weighted by molar-refractivity contribution is 0.166. The van der Waals surface area contributed by atoms with E-state index >= 15 is 0 Å². The van der Waals surface area contributed by atoms with Gasteiger partial charge < -0.3 is 15.3 Å². The third-order valence-electron chi connectivity index (χ3n) is 3.60. The summed E-state index contributed by atoms with van der Waals surface area (Å²) in [7, 11) is 2.15. The van der Waals surface area contributed by atoms with Crippen LogP contribution < -0.4 is 5.32 Å². The molecule has 14 heavy (non-hydrogen) atoms. The van der Waals surface area contributed by atoms with E-state index in [1.165, 1.54) is 13.0 Å². The summed E-state index contributed by atoms with van der Waals surface area (Å²) in [6.45, 7) is 2.31. The molecule has 0 aromatic heterocycles. The number of carboxylic acid groups (broad SMARTS) is 1. The molecule has 0 radical (unpaired) electrons. The Morgan fingerprint density at radius 2 is 2.14 bits per heavy atom. The van der Waals surface area contributed by atoms with Gasteiger partial charge in [0.15, 0.2) is 0 Å². The number of hydrogen-bond donors (Lipinski definition) is 2. The lowest BCUT2D eigenvalue weighted by Gasteiger charge is -2.31. The van der Waals surface area contributed by atoms with Crippen molar-refractivity contribution in [3.63, 3.8) is 0 Å². The first-order valence-corrected chi connectivity index (χ1v) is 5.33. The molecule has 2 rings (SSSR count). The number of piperidine rings is 1. The molecular weight excluding hydrogens is 180 g/mol. The lowest BCUT2D eigenvalue weighted by Crippen LogP contribution is -2.35. The van der Waals surface area contributed by atoms with Crippen LogP contribution in [-0.4, -0.2) is 42.3 Å². The molecule has 4 nitrogen and oxygen atoms in total. The Morgan fingerprint density at radius 3 is 2.86 bits per heavy atom. The predicted octanol–water partition coefficient (Wildman–Crippen LogP) is 0.984. The van der Waals surface area contributed by atoms with Crippen LogP contribution >= 0.6 is 0 Å². The molecule has 4 heteroatoms. The van der Waals surface area contributed by atoms with Crippen molar-refractivity contribution in [1.29, 1.82) is 0 Å². The molecule has 1 saturated carbocycles. The molecule has 2 aliphatic rings. The fourth-order valence-electron chi connectivity index (χ4n) is 2.96. The van der Waals surface area contributed by atoms with Crippen molar-refractivity contribution in [2.24, 2.45) is 11.8 Å². The van der Waals surface area contributed by atoms with Crippen LogP contribution in [0.3, 0.4) is 0 Å². The van der Waals surface area contributed by atoms with Crippen molar-refractivity contribution in [3.8, 4) is 0 Å². The molecule has 1 aliphatic carbocycles. The molecule has 0 spiro atoms. The Kier molecular flexibility index (Phi) is 2.63. The summed E-state index contributed by atoms with van der Waals surface area (Å²) in [5.41, 5.74) is 0. The highest BCUT2D eigenvalue weighted by Crippen LogP contribution is 2.37. The summed E-state index contributed by atoms with van der Waals surface area (Å²) in [6, 6.07) is 0.203. The van der Waals surface area contributed by atoms with Gasteiger partial charge in [-0.2, -0.15) is 0 Å². The maximum absolute atomic E-state index is 10.5. The Hall–Kier alpha value is -0.770. The third kappa shape index (κ3) is 2.00. The SMILES string of the molecule is CN1CCC2CC(NC(=O)O)CC2C1. The summed E-state index contributed by atoms with van der Waals surface area (Å²) in [6.07, 6.45) is 2.44. The molecule has 1 amide bonds. The second-order valence-electron chi connectivity index (χ2n) is 4.69. The van der Waals surface area contributed by atoms with Crippen molar-refractivity contribution in [2.45, 2.75) is 25.3 Å². The number of carbonyl (C=O) groups is 1. The van der Waals surface area contributed by atoms with Crippen molar-refractivity contribution in [1.82, 2.24) is 10.2 Å². The normalized spacial score (nSPS) is 37.9. The Balaban J connectivity index is 1.89. The molecule has 3 unspecified atom stereocenters. The van der Waals surface area contributed by atoms with Crippen LogP contribution in [0.2, 0.25) is 0 Å². The van der Waals surface area contributed by atoms with Crippen LogP contribution in [0.25, 0.3) is 0 Å². The zero-order valence-corrected chi connectivity index (χ0v) is 8.57. The van der Waals surface area contributed by atoms with Gasteiger partial charge in [-0.05, 0) is 44.7 Å². The smallest absolute Gasteiger partial charge is 0.404 e. The maximum atomic E-state index is 10.5. The van der Waals surface area contributed by atoms with Gasteiger partial charge in [-0.15, -0.1) is 0 Å². The fourth-order valence-corrected chi connectivity index (χ4v) is 2.96. The van der Waals surface area contributed by atoms with Crippen LogP contribution in [0.1, 0.15) is 19.3 Å². The minimum absolute atomic E-state index is 0.203. The summed E-state index contributed by atoms with van der Waals surface area (Å²) in [5, 5.41) is 11.2. The Bertz CT molecular complexity index is 232. The van der Waals surface area contributed by atoms with E-state index in [2.05, 4.69) is 17.3 Å². The van der Waals surface area contributed by atoms with Gasteiger partial charge in [-0.3, -0.25) is 0 Å². The summed E-state index contributed by atoms with van der Waals surface area (Å²) >= 11 is 0. The number of amides is 1. The van der Waals surface area contributed by atoms with Crippen molar-refractivity contribution >= 4 is 6.09 Å². The zero-order valence-electron chi connectivity index (χ0n) is 8.57. The lowest BCUT2D eigenvalue weighted by atomic mass is 9.89. The molecule has 80 valence electrons. The molecule has 1 heterocycles. The standard InChI is InChI=1S/C10H18N2O2/c1-12-3-2-7-4-9(11-10(13)14)5-8(7)6-12/h7-9,11H,2-6H2,1H3,(H,13,14). The van der Waals surface area contributed by atoms with E-state index in [1.54, 1.807) is 0 Å². The fraction of sp³-hybridized carbons (Fsp3) is 0.900. The zero-order chi connectivity index (χ0) is 10.1. The number of rotatable bonds is 1. The first-order valence-electron chi connectivity index (χ1n) is 5.33. The van der Waals surface area contributed by atoms with Crippen molar-refractivity contribution in [2.75, 3.05) is 20.1 Å². The van der Waals surface area contributed by atoms with Gasteiger partial charge in [0.05, 0.1) is 0 Å². The van der Waals surface area contributed by atoms with Crippen LogP contribution in [0.4, 0.5) is 4.79 Å². The monoisotopic (exact) mass is 198 g/mol. The molecular formula is C10H18N2O2. The molecule has 0 bridgehead atoms. The third-order valence-corrected chi connectivity index (χ3v) is 3.60. The molecule has 1 aliphatic heterocycles. The minimum atomic E-state index is -0.873. The Labute approximate surface area is 84.3 Å². The molecule has 1 saturated heterocycles. The Morgan fingerprint density at radius 1 is 1.43 bits per heavy atom. The molecule has 3 atom stereocenters. The largest absolute Gasteiger partial charge is 0.465 e. The summed E-state index contributed by atoms with van der Waals surface area (Å²) in [5.74, 6) is 1.47. The maximum Gasteiger partial charge on any atom is 0.404 e. The highest BCUT2D eigenvalue weighted by atomic mass is 16.4. The number of nitrogens with one attached hydrogen (secondary N) is 1. The van der Waals surface area contributed by atoms with Gasteiger partial charge in [-0.1, -0.05) is 0 Å². The van der Waals surface area contributed by atoms with E-state index in [9.17, 15) is 4.79 Å². The van der Waals surface area contributed by atoms with Crippen molar-refractivity contribution < 1.29 is 9.90 Å². The van der Waals surface area contributed by atoms with Crippen LogP contribution in [-0.2, 0) is 0 Å². The first-order chi connectivity index (χ1) is 6.65. The number of fused-ring (bicyclic) bond motifs is 1. The molecule has 0 aromatic rings. The average molecular weight is 198 g/mol. The second kappa shape index (κ2) is 3.77. The highest BCUT2D eigenvalue weighted by Gasteiger charge is 2.37. The molecule has 0 aromatic carbocycles. The quantitative estimate of drug-likeness (QED) is 0.660. The number of nitrogens with zero attached hydrogens (tertiary/aromatic N) is 1. The second-order valence-corrected chi connectivity index (χ2v) is 4.69. The number of likely N-dealkylation sites (tertiary alicyclic amines) is 1. The predicted molar refractivity (Wildman–Crippen MR) is 53.3 cm³/mol. The van der Waals surface area contributed by atoms with Gasteiger partial charge in [-0.25, -0.2) is 4.79 Å². The van der Waals surface area contributed by atoms with Crippen LogP contribution in [0.15, 0.2) is 0 Å². The van der Waals surface area contributed by atoms with E-state index < -0.39 is 6.09 Å². The van der Waals surface area contributed by atoms with Gasteiger partial charge in [0.1, 0.15) is 0 Å². The number of hydrogen-bond acceptors (Lipinski definition) is 2. The van der Waals surface area contributed by atoms with E-state index in [-0.39, 0.29) is 6.04 Å². The van der Waals surface area contributed by atoms with Gasteiger partial charge >= 0.3 is 6.09 Å². The highest BCUT2D eigenvalue weighted by molar-refractivity contribution is 5.64. The minimum Gasteiger partial charge on any atom is -0.465 e. The van der Waals surface area contributed by atoms with E-state index in [4.69, 9.17) is 5.11 Å². The van der Waals surface area contributed by atoms with E-state index in [0.717, 1.165) is 25.3 Å². The first kappa shape index (κ1) is 9.77. The van der Waals surface area contributed by atoms with Gasteiger partial charge in [0.2, 0.25) is 0 Å². The summed E-state index contributed by atoms with van der Waals surface area (Å²) in [4.78, 5) is 12.9.